The quantitative estimate of drug-likeness (QED) is 0.842. The van der Waals surface area contributed by atoms with Crippen LogP contribution in [0.25, 0.3) is 0 Å². The molecule has 0 fully saturated rings. The van der Waals surface area contributed by atoms with Crippen molar-refractivity contribution in [2.75, 3.05) is 6.61 Å². The number of benzene rings is 1. The number of carbonyl (C=O) groups excluding carboxylic acids is 1. The van der Waals surface area contributed by atoms with Gasteiger partial charge in [0, 0.05) is 0 Å². The summed E-state index contributed by atoms with van der Waals surface area (Å²) in [5, 5.41) is 4.54. The molecule has 5 nitrogen and oxygen atoms in total. The van der Waals surface area contributed by atoms with Crippen LogP contribution in [0.15, 0.2) is 17.0 Å². The van der Waals surface area contributed by atoms with E-state index in [1.165, 1.54) is 0 Å². The van der Waals surface area contributed by atoms with Crippen molar-refractivity contribution in [1.82, 2.24) is 0 Å². The lowest BCUT2D eigenvalue weighted by Gasteiger charge is -2.09. The smallest absolute Gasteiger partial charge is 0.341 e. The van der Waals surface area contributed by atoms with Crippen LogP contribution in [-0.2, 0) is 14.8 Å². The molecule has 0 saturated carbocycles. The number of ether oxygens (including phenoxy) is 1. The van der Waals surface area contributed by atoms with E-state index in [4.69, 9.17) is 21.5 Å². The molecule has 0 saturated heterocycles. The summed E-state index contributed by atoms with van der Waals surface area (Å²) in [4.78, 5) is 11.2. The Bertz CT molecular complexity index is 616. The number of halogens is 2. The zero-order valence-electron chi connectivity index (χ0n) is 11.0. The van der Waals surface area contributed by atoms with Crippen LogP contribution in [0.1, 0.15) is 30.6 Å². The molecule has 0 spiro atoms. The Labute approximate surface area is 121 Å². The van der Waals surface area contributed by atoms with Crippen molar-refractivity contribution < 1.29 is 22.3 Å². The van der Waals surface area contributed by atoms with Gasteiger partial charge in [-0.05, 0) is 24.5 Å². The van der Waals surface area contributed by atoms with Crippen molar-refractivity contribution in [2.24, 2.45) is 11.1 Å². The molecule has 0 aromatic heterocycles. The molecule has 112 valence electrons. The van der Waals surface area contributed by atoms with E-state index in [2.05, 4.69) is 0 Å². The Balaban J connectivity index is 3.04. The molecule has 0 aliphatic heterocycles. The number of carbonyl (C=O) groups is 1. The van der Waals surface area contributed by atoms with E-state index in [9.17, 15) is 17.6 Å². The van der Waals surface area contributed by atoms with Gasteiger partial charge in [-0.15, -0.1) is 0 Å². The number of rotatable bonds is 5. The van der Waals surface area contributed by atoms with Crippen molar-refractivity contribution in [3.8, 4) is 0 Å². The Kier molecular flexibility index (Phi) is 5.50. The first-order valence-electron chi connectivity index (χ1n) is 5.82. The third-order valence-corrected chi connectivity index (χ3v) is 3.85. The van der Waals surface area contributed by atoms with Gasteiger partial charge in [0.2, 0.25) is 10.0 Å². The van der Waals surface area contributed by atoms with Gasteiger partial charge in [-0.1, -0.05) is 25.4 Å². The number of hydrogen-bond acceptors (Lipinski definition) is 4. The fourth-order valence-corrected chi connectivity index (χ4v) is 2.45. The minimum atomic E-state index is -4.15. The lowest BCUT2D eigenvalue weighted by molar-refractivity contribution is 0.0482. The van der Waals surface area contributed by atoms with Gasteiger partial charge in [0.15, 0.2) is 0 Å². The van der Waals surface area contributed by atoms with Crippen LogP contribution in [-0.4, -0.2) is 21.0 Å². The fraction of sp³-hybridized carbons (Fsp3) is 0.417. The van der Waals surface area contributed by atoms with Crippen LogP contribution in [0.3, 0.4) is 0 Å². The van der Waals surface area contributed by atoms with Crippen molar-refractivity contribution in [2.45, 2.75) is 25.2 Å². The Morgan fingerprint density at radius 1 is 1.45 bits per heavy atom. The Hall–Kier alpha value is -1.18. The predicted octanol–water partition coefficient (Wildman–Crippen LogP) is 2.33. The monoisotopic (exact) mass is 323 g/mol. The minimum Gasteiger partial charge on any atom is -0.462 e. The first-order valence-corrected chi connectivity index (χ1v) is 7.74. The summed E-state index contributed by atoms with van der Waals surface area (Å²) in [6.07, 6.45) is 0.614. The van der Waals surface area contributed by atoms with Crippen molar-refractivity contribution in [3.63, 3.8) is 0 Å². The van der Waals surface area contributed by atoms with E-state index in [1.807, 2.05) is 13.8 Å². The van der Waals surface area contributed by atoms with E-state index in [1.54, 1.807) is 0 Å². The number of nitrogens with two attached hydrogens (primary N) is 1. The van der Waals surface area contributed by atoms with E-state index in [0.717, 1.165) is 12.1 Å². The first-order chi connectivity index (χ1) is 9.12. The third kappa shape index (κ3) is 4.43. The lowest BCUT2D eigenvalue weighted by Crippen LogP contribution is -2.16. The molecular weight excluding hydrogens is 309 g/mol. The summed E-state index contributed by atoms with van der Waals surface area (Å²) in [7, 11) is -4.15. The van der Waals surface area contributed by atoms with E-state index >= 15 is 0 Å². The maximum atomic E-state index is 13.6. The maximum Gasteiger partial charge on any atom is 0.341 e. The molecule has 0 heterocycles. The predicted molar refractivity (Wildman–Crippen MR) is 72.5 cm³/mol. The molecule has 1 aromatic rings. The Morgan fingerprint density at radius 2 is 2.05 bits per heavy atom. The molecule has 8 heteroatoms. The van der Waals surface area contributed by atoms with Crippen LogP contribution in [0.4, 0.5) is 4.39 Å². The molecule has 0 unspecified atom stereocenters. The lowest BCUT2D eigenvalue weighted by atomic mass is 10.1. The summed E-state index contributed by atoms with van der Waals surface area (Å²) in [5.74, 6) is -1.60. The highest BCUT2D eigenvalue weighted by Gasteiger charge is 2.21. The summed E-state index contributed by atoms with van der Waals surface area (Å²) >= 11 is 5.59. The average molecular weight is 324 g/mol. The topological polar surface area (TPSA) is 86.5 Å². The van der Waals surface area contributed by atoms with Gasteiger partial charge in [0.1, 0.15) is 10.7 Å². The molecule has 0 aliphatic carbocycles. The third-order valence-electron chi connectivity index (χ3n) is 2.48. The minimum absolute atomic E-state index is 0.114. The molecule has 0 amide bonds. The van der Waals surface area contributed by atoms with E-state index in [-0.39, 0.29) is 11.6 Å². The van der Waals surface area contributed by atoms with Crippen molar-refractivity contribution in [3.05, 3.63) is 28.5 Å². The van der Waals surface area contributed by atoms with E-state index < -0.39 is 32.3 Å². The first kappa shape index (κ1) is 16.9. The zero-order chi connectivity index (χ0) is 15.5. The van der Waals surface area contributed by atoms with Crippen molar-refractivity contribution >= 4 is 27.6 Å². The fourth-order valence-electron chi connectivity index (χ4n) is 1.37. The van der Waals surface area contributed by atoms with Gasteiger partial charge in [-0.3, -0.25) is 0 Å². The van der Waals surface area contributed by atoms with Gasteiger partial charge in [0.25, 0.3) is 0 Å². The van der Waals surface area contributed by atoms with E-state index in [0.29, 0.717) is 12.3 Å². The molecule has 0 aliphatic rings. The average Bonchev–Trinajstić information content (AvgIpc) is 2.26. The molecule has 20 heavy (non-hydrogen) atoms. The molecule has 0 radical (unpaired) electrons. The second-order valence-electron chi connectivity index (χ2n) is 4.63. The molecule has 0 atom stereocenters. The zero-order valence-corrected chi connectivity index (χ0v) is 12.6. The number of sulfonamides is 1. The second-order valence-corrected chi connectivity index (χ2v) is 6.56. The number of primary sulfonamides is 1. The van der Waals surface area contributed by atoms with Gasteiger partial charge in [0.05, 0.1) is 17.2 Å². The Morgan fingerprint density at radius 3 is 2.55 bits per heavy atom. The molecule has 1 rings (SSSR count). The summed E-state index contributed by atoms with van der Waals surface area (Å²) in [5.41, 5.74) is -0.512. The van der Waals surface area contributed by atoms with Crippen LogP contribution in [0.2, 0.25) is 5.02 Å². The largest absolute Gasteiger partial charge is 0.462 e. The number of hydrogen-bond donors (Lipinski definition) is 1. The SMILES string of the molecule is CC(C)CCOC(=O)c1cc(S(N)(=O)=O)c(Cl)cc1F. The summed E-state index contributed by atoms with van der Waals surface area (Å²) < 4.78 is 41.0. The van der Waals surface area contributed by atoms with Gasteiger partial charge in [-0.2, -0.15) is 0 Å². The number of esters is 1. The van der Waals surface area contributed by atoms with Crippen LogP contribution < -0.4 is 5.14 Å². The van der Waals surface area contributed by atoms with Crippen LogP contribution in [0.5, 0.6) is 0 Å². The molecular formula is C12H15ClFNO4S. The highest BCUT2D eigenvalue weighted by molar-refractivity contribution is 7.89. The summed E-state index contributed by atoms with van der Waals surface area (Å²) in [6.45, 7) is 3.99. The van der Waals surface area contributed by atoms with Crippen LogP contribution in [0, 0.1) is 11.7 Å². The van der Waals surface area contributed by atoms with Gasteiger partial charge < -0.3 is 4.74 Å². The summed E-state index contributed by atoms with van der Waals surface area (Å²) in [6, 6.07) is 1.51. The standard InChI is InChI=1S/C12H15ClFNO4S/c1-7(2)3-4-19-12(16)8-5-11(20(15,17)18)9(13)6-10(8)14/h5-7H,3-4H2,1-2H3,(H2,15,17,18). The molecule has 1 aromatic carbocycles. The molecule has 0 bridgehead atoms. The highest BCUT2D eigenvalue weighted by atomic mass is 35.5. The van der Waals surface area contributed by atoms with Gasteiger partial charge in [-0.25, -0.2) is 22.7 Å². The van der Waals surface area contributed by atoms with Crippen molar-refractivity contribution in [1.29, 1.82) is 0 Å². The maximum absolute atomic E-state index is 13.6. The van der Waals surface area contributed by atoms with Crippen LogP contribution >= 0.6 is 11.6 Å². The highest BCUT2D eigenvalue weighted by Crippen LogP contribution is 2.24. The molecule has 2 N–H and O–H groups in total. The van der Waals surface area contributed by atoms with Gasteiger partial charge >= 0.3 is 5.97 Å². The second kappa shape index (κ2) is 6.51. The normalized spacial score (nSPS) is 11.7.